The summed E-state index contributed by atoms with van der Waals surface area (Å²) >= 11 is 0. The number of Topliss-reactive ketones (excluding diaryl/α,β-unsaturated/α-hetero) is 1. The number of nitrogens with zero attached hydrogens (tertiary/aromatic N) is 2. The van der Waals surface area contributed by atoms with Gasteiger partial charge in [-0.05, 0) is 50.9 Å². The van der Waals surface area contributed by atoms with Crippen LogP contribution in [0.15, 0.2) is 0 Å². The number of carbonyl (C=O) groups is 3. The minimum atomic E-state index is -0.825. The van der Waals surface area contributed by atoms with Gasteiger partial charge < -0.3 is 4.90 Å². The van der Waals surface area contributed by atoms with E-state index >= 15 is 0 Å². The molecule has 2 N–H and O–H groups in total. The van der Waals surface area contributed by atoms with Crippen molar-refractivity contribution in [3.63, 3.8) is 0 Å². The molecule has 4 fully saturated rings. The summed E-state index contributed by atoms with van der Waals surface area (Å²) in [6, 6.07) is -0.316. The van der Waals surface area contributed by atoms with Crippen molar-refractivity contribution in [2.75, 3.05) is 20.1 Å². The largest absolute Gasteiger partial charge is 0.327 e. The number of nitrogens with one attached hydrogen (secondary N) is 2. The SMILES string of the molecule is CN1C(=O)N(CC(=O)C2(C3CCCCCC3)CCNN2)C(=O)C1(C)C1CCCCC1. The minimum Gasteiger partial charge on any atom is -0.313 e. The molecule has 2 atom stereocenters. The fourth-order valence-electron chi connectivity index (χ4n) is 6.48. The van der Waals surface area contributed by atoms with Gasteiger partial charge in [0.25, 0.3) is 5.91 Å². The van der Waals surface area contributed by atoms with Crippen molar-refractivity contribution in [2.45, 2.75) is 95.1 Å². The number of amides is 3. The van der Waals surface area contributed by atoms with Crippen LogP contribution in [0.4, 0.5) is 4.79 Å². The monoisotopic (exact) mass is 418 g/mol. The first-order valence-corrected chi connectivity index (χ1v) is 12.0. The van der Waals surface area contributed by atoms with Crippen LogP contribution >= 0.6 is 0 Å². The molecule has 4 rings (SSSR count). The molecule has 30 heavy (non-hydrogen) atoms. The third kappa shape index (κ3) is 3.48. The summed E-state index contributed by atoms with van der Waals surface area (Å²) in [5, 5.41) is 0. The molecule has 7 heteroatoms. The van der Waals surface area contributed by atoms with Crippen LogP contribution in [0.3, 0.4) is 0 Å². The number of urea groups is 1. The first kappa shape index (κ1) is 21.8. The number of carbonyl (C=O) groups excluding carboxylic acids is 3. The lowest BCUT2D eigenvalue weighted by Gasteiger charge is -2.39. The van der Waals surface area contributed by atoms with Gasteiger partial charge in [0.2, 0.25) is 0 Å². The zero-order valence-corrected chi connectivity index (χ0v) is 18.7. The maximum Gasteiger partial charge on any atom is 0.327 e. The zero-order valence-electron chi connectivity index (χ0n) is 18.7. The summed E-state index contributed by atoms with van der Waals surface area (Å²) in [7, 11) is 1.73. The Kier molecular flexibility index (Phi) is 6.22. The van der Waals surface area contributed by atoms with Crippen LogP contribution in [0.1, 0.15) is 84.0 Å². The van der Waals surface area contributed by atoms with Crippen LogP contribution < -0.4 is 10.9 Å². The molecule has 2 aliphatic carbocycles. The van der Waals surface area contributed by atoms with Gasteiger partial charge in [-0.15, -0.1) is 0 Å². The topological polar surface area (TPSA) is 81.8 Å². The van der Waals surface area contributed by atoms with E-state index in [9.17, 15) is 14.4 Å². The van der Waals surface area contributed by atoms with Crippen LogP contribution in [0.5, 0.6) is 0 Å². The lowest BCUT2D eigenvalue weighted by molar-refractivity contribution is -0.139. The van der Waals surface area contributed by atoms with Gasteiger partial charge >= 0.3 is 6.03 Å². The molecule has 0 bridgehead atoms. The maximum atomic E-state index is 13.7. The van der Waals surface area contributed by atoms with Gasteiger partial charge in [-0.1, -0.05) is 44.9 Å². The summed E-state index contributed by atoms with van der Waals surface area (Å²) in [5.41, 5.74) is 4.99. The molecule has 0 aromatic rings. The van der Waals surface area contributed by atoms with Gasteiger partial charge in [-0.2, -0.15) is 0 Å². The van der Waals surface area contributed by atoms with E-state index in [0.717, 1.165) is 64.3 Å². The zero-order chi connectivity index (χ0) is 21.4. The second kappa shape index (κ2) is 8.58. The third-order valence-electron chi connectivity index (χ3n) is 8.60. The van der Waals surface area contributed by atoms with Gasteiger partial charge in [0, 0.05) is 13.6 Å². The Morgan fingerprint density at radius 3 is 2.10 bits per heavy atom. The summed E-state index contributed by atoms with van der Waals surface area (Å²) < 4.78 is 0. The van der Waals surface area contributed by atoms with Crippen molar-refractivity contribution in [3.8, 4) is 0 Å². The quantitative estimate of drug-likeness (QED) is 0.530. The maximum absolute atomic E-state index is 13.7. The lowest BCUT2D eigenvalue weighted by Crippen LogP contribution is -2.59. The normalized spacial score (nSPS) is 34.6. The number of imide groups is 1. The second-order valence-corrected chi connectivity index (χ2v) is 10.1. The van der Waals surface area contributed by atoms with E-state index in [1.807, 2.05) is 6.92 Å². The molecule has 0 spiro atoms. The van der Waals surface area contributed by atoms with Crippen LogP contribution in [0.2, 0.25) is 0 Å². The summed E-state index contributed by atoms with van der Waals surface area (Å²) in [5.74, 6) is 0.243. The molecule has 2 unspecified atom stereocenters. The number of rotatable bonds is 5. The molecule has 7 nitrogen and oxygen atoms in total. The van der Waals surface area contributed by atoms with Crippen LogP contribution in [-0.4, -0.2) is 58.7 Å². The fraction of sp³-hybridized carbons (Fsp3) is 0.870. The van der Waals surface area contributed by atoms with E-state index in [0.29, 0.717) is 0 Å². The van der Waals surface area contributed by atoms with E-state index in [2.05, 4.69) is 10.9 Å². The average molecular weight is 419 g/mol. The number of hydrogen-bond acceptors (Lipinski definition) is 5. The highest BCUT2D eigenvalue weighted by Crippen LogP contribution is 2.42. The van der Waals surface area contributed by atoms with E-state index < -0.39 is 11.1 Å². The molecule has 2 aliphatic heterocycles. The van der Waals surface area contributed by atoms with Crippen molar-refractivity contribution in [3.05, 3.63) is 0 Å². The Labute approximate surface area is 180 Å². The average Bonchev–Trinajstić information content (AvgIpc) is 3.19. The van der Waals surface area contributed by atoms with Crippen LogP contribution in [0.25, 0.3) is 0 Å². The van der Waals surface area contributed by atoms with Crippen molar-refractivity contribution >= 4 is 17.7 Å². The summed E-state index contributed by atoms with van der Waals surface area (Å²) in [4.78, 5) is 43.1. The molecule has 0 aromatic carbocycles. The Hall–Kier alpha value is -1.47. The van der Waals surface area contributed by atoms with E-state index in [-0.39, 0.29) is 36.1 Å². The molecular weight excluding hydrogens is 380 g/mol. The number of likely N-dealkylation sites (N-methyl/N-ethyl adjacent to an activating group) is 1. The Morgan fingerprint density at radius 1 is 0.967 bits per heavy atom. The van der Waals surface area contributed by atoms with Gasteiger partial charge in [0.1, 0.15) is 5.54 Å². The predicted octanol–water partition coefficient (Wildman–Crippen LogP) is 3.00. The molecule has 2 heterocycles. The van der Waals surface area contributed by atoms with E-state index in [1.54, 1.807) is 11.9 Å². The first-order chi connectivity index (χ1) is 14.4. The number of hydrogen-bond donors (Lipinski definition) is 2. The Morgan fingerprint density at radius 2 is 1.53 bits per heavy atom. The smallest absolute Gasteiger partial charge is 0.313 e. The van der Waals surface area contributed by atoms with Crippen LogP contribution in [0, 0.1) is 11.8 Å². The van der Waals surface area contributed by atoms with Gasteiger partial charge in [0.05, 0.1) is 12.1 Å². The van der Waals surface area contributed by atoms with Crippen LogP contribution in [-0.2, 0) is 9.59 Å². The molecule has 2 saturated carbocycles. The van der Waals surface area contributed by atoms with E-state index in [1.165, 1.54) is 24.2 Å². The molecule has 3 amide bonds. The van der Waals surface area contributed by atoms with Crippen molar-refractivity contribution in [1.82, 2.24) is 20.7 Å². The Balaban J connectivity index is 1.54. The molecular formula is C23H38N4O3. The Bertz CT molecular complexity index is 676. The van der Waals surface area contributed by atoms with Gasteiger partial charge in [0.15, 0.2) is 5.78 Å². The first-order valence-electron chi connectivity index (χ1n) is 12.0. The van der Waals surface area contributed by atoms with Crippen molar-refractivity contribution in [1.29, 1.82) is 0 Å². The molecule has 0 radical (unpaired) electrons. The highest BCUT2D eigenvalue weighted by Gasteiger charge is 2.58. The second-order valence-electron chi connectivity index (χ2n) is 10.1. The summed E-state index contributed by atoms with van der Waals surface area (Å²) in [6.45, 7) is 2.53. The van der Waals surface area contributed by atoms with E-state index in [4.69, 9.17) is 0 Å². The highest BCUT2D eigenvalue weighted by molar-refractivity contribution is 6.10. The summed E-state index contributed by atoms with van der Waals surface area (Å²) in [6.07, 6.45) is 12.9. The number of ketones is 1. The molecule has 4 aliphatic rings. The fourth-order valence-corrected chi connectivity index (χ4v) is 6.48. The molecule has 2 saturated heterocycles. The minimum absolute atomic E-state index is 0.0117. The van der Waals surface area contributed by atoms with Crippen molar-refractivity contribution < 1.29 is 14.4 Å². The molecule has 0 aromatic heterocycles. The third-order valence-corrected chi connectivity index (χ3v) is 8.60. The van der Waals surface area contributed by atoms with Gasteiger partial charge in [-0.3, -0.25) is 19.9 Å². The van der Waals surface area contributed by atoms with Crippen molar-refractivity contribution in [2.24, 2.45) is 11.8 Å². The number of hydrazine groups is 1. The standard InChI is InChI=1S/C23H38N4O3/c1-22(17-10-8-5-9-11-17)20(29)27(21(30)26(22)2)16-19(28)23(14-15-24-25-23)18-12-6-3-4-7-13-18/h17-18,24-25H,3-16H2,1-2H3. The molecule has 168 valence electrons. The predicted molar refractivity (Wildman–Crippen MR) is 115 cm³/mol. The lowest BCUT2D eigenvalue weighted by atomic mass is 9.74. The van der Waals surface area contributed by atoms with Gasteiger partial charge in [-0.25, -0.2) is 10.2 Å². The highest BCUT2D eigenvalue weighted by atomic mass is 16.2.